The third kappa shape index (κ3) is 5.75. The quantitative estimate of drug-likeness (QED) is 0.396. The van der Waals surface area contributed by atoms with Crippen LogP contribution in [-0.2, 0) is 10.4 Å². The molecular weight excluding hydrogens is 474 g/mol. The molecule has 1 fully saturated rings. The minimum Gasteiger partial charge on any atom is -0.506 e. The van der Waals surface area contributed by atoms with Crippen molar-refractivity contribution in [2.45, 2.75) is 38.8 Å². The number of phenols is 1. The Balaban J connectivity index is 1.63. The van der Waals surface area contributed by atoms with Crippen molar-refractivity contribution in [3.05, 3.63) is 53.9 Å². The topological polar surface area (TPSA) is 66.7 Å². The number of hydrogen-bond donors (Lipinski definition) is 1. The van der Waals surface area contributed by atoms with Crippen LogP contribution in [0.15, 0.2) is 48.9 Å². The maximum atomic E-state index is 10.2. The number of hydrogen-bond acceptors (Lipinski definition) is 6. The van der Waals surface area contributed by atoms with Gasteiger partial charge in [-0.1, -0.05) is 24.6 Å². The Labute approximate surface area is 219 Å². The van der Waals surface area contributed by atoms with Crippen LogP contribution in [0, 0.1) is 5.92 Å². The number of piperidine rings is 1. The summed E-state index contributed by atoms with van der Waals surface area (Å²) >= 11 is 6.07. The second kappa shape index (κ2) is 11.7. The first kappa shape index (κ1) is 26.6. The summed E-state index contributed by atoms with van der Waals surface area (Å²) < 4.78 is 7.54. The van der Waals surface area contributed by atoms with Crippen molar-refractivity contribution in [2.75, 3.05) is 46.9 Å². The predicted octanol–water partition coefficient (Wildman–Crippen LogP) is 5.34. The molecule has 0 amide bonds. The fraction of sp³-hybridized carbons (Fsp3) is 0.500. The molecule has 1 aliphatic rings. The molecular formula is C28H38ClN5O2. The van der Waals surface area contributed by atoms with E-state index in [1.807, 2.05) is 18.2 Å². The predicted molar refractivity (Wildman–Crippen MR) is 145 cm³/mol. The van der Waals surface area contributed by atoms with Gasteiger partial charge in [0.1, 0.15) is 11.6 Å². The van der Waals surface area contributed by atoms with Crippen LogP contribution in [0.1, 0.15) is 33.1 Å². The number of benzene rings is 1. The van der Waals surface area contributed by atoms with Gasteiger partial charge in [0.2, 0.25) is 0 Å². The fourth-order valence-corrected chi connectivity index (χ4v) is 5.20. The van der Waals surface area contributed by atoms with E-state index in [2.05, 4.69) is 46.4 Å². The average molecular weight is 512 g/mol. The lowest BCUT2D eigenvalue weighted by molar-refractivity contribution is 0.0286. The normalized spacial score (nSPS) is 16.9. The molecule has 2 aromatic heterocycles. The van der Waals surface area contributed by atoms with Gasteiger partial charge in [0.05, 0.1) is 23.0 Å². The number of imidazole rings is 1. The molecule has 1 N–H and O–H groups in total. The van der Waals surface area contributed by atoms with Crippen molar-refractivity contribution in [1.82, 2.24) is 24.3 Å². The monoisotopic (exact) mass is 511 g/mol. The number of pyridine rings is 1. The van der Waals surface area contributed by atoms with Crippen molar-refractivity contribution < 1.29 is 9.84 Å². The summed E-state index contributed by atoms with van der Waals surface area (Å²) in [5.74, 6) is 1.59. The number of methoxy groups -OCH3 is 1. The van der Waals surface area contributed by atoms with Crippen molar-refractivity contribution in [3.63, 3.8) is 0 Å². The van der Waals surface area contributed by atoms with E-state index in [9.17, 15) is 5.11 Å². The first-order valence-electron chi connectivity index (χ1n) is 12.8. The smallest absolute Gasteiger partial charge is 0.142 e. The van der Waals surface area contributed by atoms with Crippen molar-refractivity contribution in [1.29, 1.82) is 0 Å². The third-order valence-corrected chi connectivity index (χ3v) is 8.07. The van der Waals surface area contributed by atoms with Gasteiger partial charge < -0.3 is 19.3 Å². The van der Waals surface area contributed by atoms with Crippen molar-refractivity contribution in [2.24, 2.45) is 5.92 Å². The molecule has 1 aliphatic heterocycles. The molecule has 4 rings (SSSR count). The number of aromatic hydroxyl groups is 1. The second-order valence-electron chi connectivity index (χ2n) is 9.95. The van der Waals surface area contributed by atoms with Gasteiger partial charge >= 0.3 is 0 Å². The molecule has 8 heteroatoms. The Morgan fingerprint density at radius 1 is 1.17 bits per heavy atom. The van der Waals surface area contributed by atoms with E-state index >= 15 is 0 Å². The maximum absolute atomic E-state index is 10.2. The highest BCUT2D eigenvalue weighted by Gasteiger charge is 2.34. The largest absolute Gasteiger partial charge is 0.506 e. The van der Waals surface area contributed by atoms with Gasteiger partial charge in [-0.2, -0.15) is 0 Å². The lowest BCUT2D eigenvalue weighted by Crippen LogP contribution is -2.49. The van der Waals surface area contributed by atoms with Crippen LogP contribution >= 0.6 is 11.6 Å². The summed E-state index contributed by atoms with van der Waals surface area (Å²) in [4.78, 5) is 14.2. The second-order valence-corrected chi connectivity index (χ2v) is 10.4. The van der Waals surface area contributed by atoms with Gasteiger partial charge in [0, 0.05) is 49.9 Å². The Morgan fingerprint density at radius 2 is 1.89 bits per heavy atom. The summed E-state index contributed by atoms with van der Waals surface area (Å²) in [6.45, 7) is 9.60. The summed E-state index contributed by atoms with van der Waals surface area (Å²) in [5, 5.41) is 10.5. The van der Waals surface area contributed by atoms with E-state index in [0.29, 0.717) is 10.9 Å². The Bertz CT molecular complexity index is 1130. The lowest BCUT2D eigenvalue weighted by atomic mass is 9.94. The summed E-state index contributed by atoms with van der Waals surface area (Å²) in [6.07, 6.45) is 9.01. The molecule has 3 aromatic rings. The summed E-state index contributed by atoms with van der Waals surface area (Å²) in [7, 11) is 4.00. The molecule has 7 nitrogen and oxygen atoms in total. The van der Waals surface area contributed by atoms with Gasteiger partial charge in [0.25, 0.3) is 0 Å². The van der Waals surface area contributed by atoms with Crippen LogP contribution in [0.3, 0.4) is 0 Å². The number of halogens is 1. The van der Waals surface area contributed by atoms with Gasteiger partial charge in [-0.3, -0.25) is 9.88 Å². The van der Waals surface area contributed by atoms with Crippen molar-refractivity contribution in [3.8, 4) is 28.4 Å². The first-order chi connectivity index (χ1) is 17.4. The standard InChI is InChI=1S/C28H38ClN5O2/c1-5-28(2,32(3)19-21-10-14-33(15-11-21)16-17-36-4)34-20-25(23-6-7-24(29)26(35)18-23)31-27(34)22-8-12-30-13-9-22/h6-9,12-13,18,20-21,35H,5,10-11,14-17,19H2,1-4H3. The van der Waals surface area contributed by atoms with Gasteiger partial charge in [-0.15, -0.1) is 0 Å². The number of ether oxygens (including phenoxy) is 1. The van der Waals surface area contributed by atoms with E-state index in [1.54, 1.807) is 31.6 Å². The van der Waals surface area contributed by atoms with Gasteiger partial charge in [-0.25, -0.2) is 4.98 Å². The van der Waals surface area contributed by atoms with Gasteiger partial charge in [0.15, 0.2) is 0 Å². The molecule has 0 bridgehead atoms. The summed E-state index contributed by atoms with van der Waals surface area (Å²) in [5.41, 5.74) is 2.35. The zero-order valence-corrected chi connectivity index (χ0v) is 22.6. The average Bonchev–Trinajstić information content (AvgIpc) is 3.36. The number of aromatic nitrogens is 3. The SMILES string of the molecule is CCC(C)(N(C)CC1CCN(CCOC)CC1)n1cc(-c2ccc(Cl)c(O)c2)nc1-c1ccncc1. The van der Waals surface area contributed by atoms with Gasteiger partial charge in [-0.05, 0) is 76.5 Å². The van der Waals surface area contributed by atoms with Crippen LogP contribution in [-0.4, -0.2) is 76.4 Å². The van der Waals surface area contributed by atoms with E-state index in [1.165, 1.54) is 12.8 Å². The molecule has 1 atom stereocenters. The van der Waals surface area contributed by atoms with E-state index in [4.69, 9.17) is 21.3 Å². The Kier molecular flexibility index (Phi) is 8.67. The maximum Gasteiger partial charge on any atom is 0.142 e. The minimum absolute atomic E-state index is 0.0568. The molecule has 0 radical (unpaired) electrons. The molecule has 194 valence electrons. The Hall–Kier alpha value is -2.45. The third-order valence-electron chi connectivity index (χ3n) is 7.75. The lowest BCUT2D eigenvalue weighted by Gasteiger charge is -2.43. The molecule has 1 saturated heterocycles. The zero-order chi connectivity index (χ0) is 25.7. The number of rotatable bonds is 10. The highest BCUT2D eigenvalue weighted by atomic mass is 35.5. The van der Waals surface area contributed by atoms with E-state index in [-0.39, 0.29) is 11.4 Å². The molecule has 0 saturated carbocycles. The first-order valence-corrected chi connectivity index (χ1v) is 13.1. The number of phenolic OH excluding ortho intramolecular Hbond substituents is 1. The highest BCUT2D eigenvalue weighted by Crippen LogP contribution is 2.36. The molecule has 0 spiro atoms. The highest BCUT2D eigenvalue weighted by molar-refractivity contribution is 6.32. The van der Waals surface area contributed by atoms with Crippen LogP contribution in [0.5, 0.6) is 5.75 Å². The minimum atomic E-state index is -0.286. The van der Waals surface area contributed by atoms with Crippen molar-refractivity contribution >= 4 is 11.6 Å². The Morgan fingerprint density at radius 3 is 2.53 bits per heavy atom. The molecule has 36 heavy (non-hydrogen) atoms. The summed E-state index contributed by atoms with van der Waals surface area (Å²) in [6, 6.07) is 9.27. The van der Waals surface area contributed by atoms with E-state index < -0.39 is 0 Å². The molecule has 1 aromatic carbocycles. The van der Waals surface area contributed by atoms with Crippen LogP contribution in [0.4, 0.5) is 0 Å². The number of nitrogens with zero attached hydrogens (tertiary/aromatic N) is 5. The van der Waals surface area contributed by atoms with E-state index in [0.717, 1.165) is 61.9 Å². The zero-order valence-electron chi connectivity index (χ0n) is 21.8. The number of likely N-dealkylation sites (tertiary alicyclic amines) is 1. The molecule has 0 aliphatic carbocycles. The molecule has 1 unspecified atom stereocenters. The van der Waals surface area contributed by atoms with Crippen LogP contribution < -0.4 is 0 Å². The van der Waals surface area contributed by atoms with Crippen LogP contribution in [0.2, 0.25) is 5.02 Å². The molecule has 3 heterocycles. The van der Waals surface area contributed by atoms with Crippen LogP contribution in [0.25, 0.3) is 22.6 Å². The fourth-order valence-electron chi connectivity index (χ4n) is 5.08.